The molecule has 2 aromatic rings. The average Bonchev–Trinajstić information content (AvgIpc) is 2.86. The molecule has 0 saturated carbocycles. The van der Waals surface area contributed by atoms with Gasteiger partial charge in [0.2, 0.25) is 0 Å². The van der Waals surface area contributed by atoms with Crippen molar-refractivity contribution in [3.05, 3.63) is 55.3 Å². The van der Waals surface area contributed by atoms with E-state index < -0.39 is 0 Å². The van der Waals surface area contributed by atoms with Crippen LogP contribution in [0, 0.1) is 33.2 Å². The summed E-state index contributed by atoms with van der Waals surface area (Å²) in [6.45, 7) is 3.73. The Morgan fingerprint density at radius 2 is 1.96 bits per heavy atom. The van der Waals surface area contributed by atoms with Crippen molar-refractivity contribution in [3.63, 3.8) is 0 Å². The molecule has 1 aliphatic rings. The molecule has 1 aromatic heterocycles. The maximum Gasteiger partial charge on any atom is 0.142 e. The van der Waals surface area contributed by atoms with Crippen LogP contribution in [0.15, 0.2) is 23.8 Å². The number of methoxy groups -OCH3 is 1. The van der Waals surface area contributed by atoms with Gasteiger partial charge in [-0.25, -0.2) is 4.98 Å². The summed E-state index contributed by atoms with van der Waals surface area (Å²) in [5, 5.41) is 19.0. The Bertz CT molecular complexity index is 1080. The number of benzene rings is 1. The van der Waals surface area contributed by atoms with Gasteiger partial charge in [0.15, 0.2) is 0 Å². The monoisotopic (exact) mass is 454 g/mol. The van der Waals surface area contributed by atoms with Crippen LogP contribution in [0.2, 0.25) is 0 Å². The summed E-state index contributed by atoms with van der Waals surface area (Å²) in [5.41, 5.74) is 11.6. The molecule has 0 unspecified atom stereocenters. The van der Waals surface area contributed by atoms with E-state index in [1.54, 1.807) is 7.11 Å². The van der Waals surface area contributed by atoms with Gasteiger partial charge in [-0.2, -0.15) is 10.5 Å². The van der Waals surface area contributed by atoms with Crippen LogP contribution in [0.5, 0.6) is 5.75 Å². The first kappa shape index (κ1) is 18.0. The SMILES string of the molecule is COc1ccc(/C=C2/C(C)=C(C#N)c3nc(N)c(C#N)c(C)c32)cc1I. The van der Waals surface area contributed by atoms with Crippen LogP contribution in [0.1, 0.15) is 34.9 Å². The molecule has 0 spiro atoms. The third kappa shape index (κ3) is 2.73. The number of pyridine rings is 1. The van der Waals surface area contributed by atoms with E-state index in [4.69, 9.17) is 10.5 Å². The smallest absolute Gasteiger partial charge is 0.142 e. The Balaban J connectivity index is 2.28. The van der Waals surface area contributed by atoms with Gasteiger partial charge in [-0.15, -0.1) is 0 Å². The van der Waals surface area contributed by atoms with E-state index in [2.05, 4.69) is 39.7 Å². The fourth-order valence-electron chi connectivity index (χ4n) is 3.13. The van der Waals surface area contributed by atoms with Gasteiger partial charge < -0.3 is 10.5 Å². The number of hydrogen-bond donors (Lipinski definition) is 1. The zero-order valence-corrected chi connectivity index (χ0v) is 16.7. The number of anilines is 1. The van der Waals surface area contributed by atoms with Crippen LogP contribution in [-0.4, -0.2) is 12.1 Å². The molecule has 6 heteroatoms. The fourth-order valence-corrected chi connectivity index (χ4v) is 3.89. The molecule has 0 amide bonds. The van der Waals surface area contributed by atoms with Crippen molar-refractivity contribution in [1.82, 2.24) is 4.98 Å². The van der Waals surface area contributed by atoms with Crippen molar-refractivity contribution in [1.29, 1.82) is 10.5 Å². The number of nitriles is 2. The summed E-state index contributed by atoms with van der Waals surface area (Å²) < 4.78 is 6.29. The summed E-state index contributed by atoms with van der Waals surface area (Å²) in [7, 11) is 1.64. The Hall–Kier alpha value is -2.84. The third-order valence-electron chi connectivity index (χ3n) is 4.47. The molecule has 0 bridgehead atoms. The van der Waals surface area contributed by atoms with Crippen LogP contribution in [0.3, 0.4) is 0 Å². The molecule has 3 rings (SSSR count). The van der Waals surface area contributed by atoms with Crippen LogP contribution < -0.4 is 10.5 Å². The molecule has 128 valence electrons. The van der Waals surface area contributed by atoms with E-state index in [1.165, 1.54) is 0 Å². The quantitative estimate of drug-likeness (QED) is 0.683. The maximum absolute atomic E-state index is 9.59. The van der Waals surface area contributed by atoms with Crippen molar-refractivity contribution in [2.75, 3.05) is 12.8 Å². The normalized spacial score (nSPS) is 14.2. The molecule has 0 aliphatic heterocycles. The first-order valence-corrected chi connectivity index (χ1v) is 8.88. The molecular formula is C20H15IN4O. The third-order valence-corrected chi connectivity index (χ3v) is 5.31. The Morgan fingerprint density at radius 1 is 1.23 bits per heavy atom. The minimum atomic E-state index is 0.157. The summed E-state index contributed by atoms with van der Waals surface area (Å²) in [6, 6.07) is 10.2. The highest BCUT2D eigenvalue weighted by molar-refractivity contribution is 14.1. The molecule has 2 N–H and O–H groups in total. The summed E-state index contributed by atoms with van der Waals surface area (Å²) in [5.74, 6) is 0.964. The molecule has 5 nitrogen and oxygen atoms in total. The van der Waals surface area contributed by atoms with E-state index in [9.17, 15) is 10.5 Å². The lowest BCUT2D eigenvalue weighted by Crippen LogP contribution is -2.03. The average molecular weight is 454 g/mol. The molecule has 26 heavy (non-hydrogen) atoms. The van der Waals surface area contributed by atoms with Crippen molar-refractivity contribution in [2.45, 2.75) is 13.8 Å². The second-order valence-electron chi connectivity index (χ2n) is 5.90. The second kappa shape index (κ2) is 6.81. The zero-order valence-electron chi connectivity index (χ0n) is 14.5. The maximum atomic E-state index is 9.59. The van der Waals surface area contributed by atoms with E-state index >= 15 is 0 Å². The minimum absolute atomic E-state index is 0.157. The van der Waals surface area contributed by atoms with Gasteiger partial charge in [-0.05, 0) is 76.9 Å². The Labute approximate surface area is 165 Å². The second-order valence-corrected chi connectivity index (χ2v) is 7.06. The van der Waals surface area contributed by atoms with Crippen molar-refractivity contribution in [2.24, 2.45) is 0 Å². The number of nitrogens with zero attached hydrogens (tertiary/aromatic N) is 3. The molecule has 0 radical (unpaired) electrons. The first-order valence-electron chi connectivity index (χ1n) is 7.80. The van der Waals surface area contributed by atoms with E-state index in [-0.39, 0.29) is 5.82 Å². The molecule has 1 aliphatic carbocycles. The van der Waals surface area contributed by atoms with Gasteiger partial charge in [0.25, 0.3) is 0 Å². The van der Waals surface area contributed by atoms with Gasteiger partial charge >= 0.3 is 0 Å². The van der Waals surface area contributed by atoms with Gasteiger partial charge in [0.05, 0.1) is 27.5 Å². The van der Waals surface area contributed by atoms with Crippen molar-refractivity contribution in [3.8, 4) is 17.9 Å². The van der Waals surface area contributed by atoms with Gasteiger partial charge in [0.1, 0.15) is 23.7 Å². The lowest BCUT2D eigenvalue weighted by atomic mass is 9.95. The summed E-state index contributed by atoms with van der Waals surface area (Å²) in [4.78, 5) is 4.34. The van der Waals surface area contributed by atoms with Gasteiger partial charge in [0, 0.05) is 5.56 Å². The first-order chi connectivity index (χ1) is 12.4. The fraction of sp³-hybridized carbons (Fsp3) is 0.150. The molecule has 0 fully saturated rings. The highest BCUT2D eigenvalue weighted by Crippen LogP contribution is 2.44. The van der Waals surface area contributed by atoms with E-state index in [0.717, 1.165) is 37.2 Å². The number of nitrogen functional groups attached to an aromatic ring is 1. The van der Waals surface area contributed by atoms with Crippen LogP contribution in [-0.2, 0) is 0 Å². The molecular weight excluding hydrogens is 439 g/mol. The topological polar surface area (TPSA) is 95.7 Å². The van der Waals surface area contributed by atoms with Crippen molar-refractivity contribution < 1.29 is 4.74 Å². The Kier molecular flexibility index (Phi) is 4.71. The molecule has 1 aromatic carbocycles. The van der Waals surface area contributed by atoms with Crippen LogP contribution in [0.25, 0.3) is 17.2 Å². The van der Waals surface area contributed by atoms with E-state index in [0.29, 0.717) is 16.8 Å². The lowest BCUT2D eigenvalue weighted by Gasteiger charge is -2.11. The van der Waals surface area contributed by atoms with Crippen LogP contribution >= 0.6 is 22.6 Å². The predicted molar refractivity (Wildman–Crippen MR) is 110 cm³/mol. The number of rotatable bonds is 2. The number of fused-ring (bicyclic) bond motifs is 1. The molecule has 0 atom stereocenters. The largest absolute Gasteiger partial charge is 0.496 e. The van der Waals surface area contributed by atoms with Crippen LogP contribution in [0.4, 0.5) is 5.82 Å². The van der Waals surface area contributed by atoms with Gasteiger partial charge in [-0.1, -0.05) is 6.07 Å². The summed E-state index contributed by atoms with van der Waals surface area (Å²) >= 11 is 2.22. The summed E-state index contributed by atoms with van der Waals surface area (Å²) in [6.07, 6.45) is 2.01. The number of allylic oxidation sites excluding steroid dienone is 3. The lowest BCUT2D eigenvalue weighted by molar-refractivity contribution is 0.412. The van der Waals surface area contributed by atoms with Gasteiger partial charge in [-0.3, -0.25) is 0 Å². The highest BCUT2D eigenvalue weighted by atomic mass is 127. The number of aromatic nitrogens is 1. The number of ether oxygens (including phenoxy) is 1. The highest BCUT2D eigenvalue weighted by Gasteiger charge is 2.29. The number of halogens is 1. The molecule has 1 heterocycles. The minimum Gasteiger partial charge on any atom is -0.496 e. The Morgan fingerprint density at radius 3 is 2.54 bits per heavy atom. The number of nitrogens with two attached hydrogens (primary N) is 1. The molecule has 0 saturated heterocycles. The zero-order chi connectivity index (χ0) is 19.0. The predicted octanol–water partition coefficient (Wildman–Crippen LogP) is 4.31. The standard InChI is InChI=1S/C20H15IN4O/c1-10-13(6-12-4-5-17(26-3)16(21)7-12)18-11(2)15(9-23)20(24)25-19(18)14(10)8-22/h4-7H,1-3H3,(H2,24,25)/b13-6-. The number of hydrogen-bond acceptors (Lipinski definition) is 5. The van der Waals surface area contributed by atoms with E-state index in [1.807, 2.05) is 38.1 Å². The van der Waals surface area contributed by atoms with Crippen molar-refractivity contribution >= 4 is 45.6 Å².